The molecule has 3 N–H and O–H groups in total. The second kappa shape index (κ2) is 5.15. The molecule has 0 unspecified atom stereocenters. The van der Waals surface area contributed by atoms with E-state index in [2.05, 4.69) is 0 Å². The number of carboxylic acids is 1. The molecule has 1 rings (SSSR count). The maximum atomic E-state index is 10.5. The van der Waals surface area contributed by atoms with Gasteiger partial charge in [-0.3, -0.25) is 0 Å². The van der Waals surface area contributed by atoms with Crippen LogP contribution in [-0.4, -0.2) is 32.1 Å². The van der Waals surface area contributed by atoms with E-state index in [1.54, 1.807) is 0 Å². The minimum atomic E-state index is -0.918. The van der Waals surface area contributed by atoms with Crippen LogP contribution in [0.15, 0.2) is 24.3 Å². The summed E-state index contributed by atoms with van der Waals surface area (Å²) in [7, 11) is 0. The van der Waals surface area contributed by atoms with E-state index in [1.165, 1.54) is 10.0 Å². The Bertz CT molecular complexity index is 310. The van der Waals surface area contributed by atoms with Crippen LogP contribution in [0.5, 0.6) is 0 Å². The van der Waals surface area contributed by atoms with Gasteiger partial charge in [-0.05, 0) is 0 Å². The van der Waals surface area contributed by atoms with Crippen molar-refractivity contribution in [1.82, 2.24) is 0 Å². The summed E-state index contributed by atoms with van der Waals surface area (Å²) in [6.07, 6.45) is 0. The molecule has 0 saturated carbocycles. The number of aryl methyl sites for hydroxylation is 1. The monoisotopic (exact) mass is 259 g/mol. The summed E-state index contributed by atoms with van der Waals surface area (Å²) in [6.45, 7) is 2.03. The molecular weight excluding hydrogens is 245 g/mol. The van der Waals surface area contributed by atoms with Crippen LogP contribution in [0.1, 0.15) is 5.56 Å². The third-order valence-electron chi connectivity index (χ3n) is 1.77. The molecule has 1 aromatic rings. The van der Waals surface area contributed by atoms with Gasteiger partial charge in [-0.1, -0.05) is 0 Å². The Hall–Kier alpha value is -0.831. The molecule has 0 fully saturated rings. The van der Waals surface area contributed by atoms with Crippen molar-refractivity contribution in [1.29, 1.82) is 0 Å². The number of nitrogens with two attached hydrogens (primary N) is 1. The predicted molar refractivity (Wildman–Crippen MR) is 57.0 cm³/mol. The molecule has 3 nitrogen and oxygen atoms in total. The Morgan fingerprint density at radius 1 is 1.50 bits per heavy atom. The van der Waals surface area contributed by atoms with Crippen LogP contribution in [0.3, 0.4) is 0 Å². The number of carboxylic acid groups (broad SMARTS) is 1. The Balaban J connectivity index is 2.46. The molecule has 0 heterocycles. The maximum absolute atomic E-state index is 10.5. The zero-order chi connectivity index (χ0) is 10.6. The number of rotatable bonds is 4. The van der Waals surface area contributed by atoms with Crippen molar-refractivity contribution in [2.75, 3.05) is 0 Å². The molecule has 0 aliphatic rings. The molecule has 1 atom stereocenters. The molecule has 0 saturated heterocycles. The minimum absolute atomic E-state index is 0.158. The van der Waals surface area contributed by atoms with Gasteiger partial charge in [0.2, 0.25) is 0 Å². The van der Waals surface area contributed by atoms with Crippen LogP contribution in [0.4, 0.5) is 0 Å². The zero-order valence-corrected chi connectivity index (χ0v) is 9.65. The Morgan fingerprint density at radius 3 is 2.57 bits per heavy atom. The van der Waals surface area contributed by atoms with Gasteiger partial charge in [-0.25, -0.2) is 0 Å². The van der Waals surface area contributed by atoms with E-state index in [0.29, 0.717) is 5.32 Å². The molecule has 1 aromatic carbocycles. The van der Waals surface area contributed by atoms with E-state index in [0.717, 1.165) is 0 Å². The first-order chi connectivity index (χ1) is 6.59. The van der Waals surface area contributed by atoms with Crippen LogP contribution >= 0.6 is 0 Å². The summed E-state index contributed by atoms with van der Waals surface area (Å²) in [4.78, 5) is 10.5. The molecule has 0 aliphatic carbocycles. The van der Waals surface area contributed by atoms with E-state index in [1.807, 2.05) is 31.2 Å². The van der Waals surface area contributed by atoms with Gasteiger partial charge in [0, 0.05) is 0 Å². The van der Waals surface area contributed by atoms with E-state index in [9.17, 15) is 4.79 Å². The first-order valence-corrected chi connectivity index (χ1v) is 6.34. The Labute approximate surface area is 89.5 Å². The first-order valence-electron chi connectivity index (χ1n) is 4.27. The van der Waals surface area contributed by atoms with Gasteiger partial charge in [-0.2, -0.15) is 0 Å². The molecule has 0 aliphatic heterocycles. The van der Waals surface area contributed by atoms with Gasteiger partial charge in [-0.15, -0.1) is 0 Å². The zero-order valence-electron chi connectivity index (χ0n) is 7.93. The second-order valence-electron chi connectivity index (χ2n) is 3.07. The molecule has 14 heavy (non-hydrogen) atoms. The normalized spacial score (nSPS) is 12.4. The average molecular weight is 258 g/mol. The van der Waals surface area contributed by atoms with Gasteiger partial charge in [0.1, 0.15) is 0 Å². The van der Waals surface area contributed by atoms with E-state index >= 15 is 0 Å². The second-order valence-corrected chi connectivity index (χ2v) is 5.36. The number of hydrogen-bond donors (Lipinski definition) is 2. The summed E-state index contributed by atoms with van der Waals surface area (Å²) in [5.74, 6) is -0.918. The number of hydrogen-bond acceptors (Lipinski definition) is 2. The summed E-state index contributed by atoms with van der Waals surface area (Å²) in [5, 5.41) is 9.14. The average Bonchev–Trinajstić information content (AvgIpc) is 2.16. The van der Waals surface area contributed by atoms with Gasteiger partial charge < -0.3 is 0 Å². The molecule has 0 bridgehead atoms. The summed E-state index contributed by atoms with van der Waals surface area (Å²) >= 11 is 0.158. The van der Waals surface area contributed by atoms with Gasteiger partial charge in [0.25, 0.3) is 0 Å². The topological polar surface area (TPSA) is 63.3 Å². The molecule has 0 amide bonds. The number of benzene rings is 1. The number of aliphatic carboxylic acids is 1. The van der Waals surface area contributed by atoms with E-state index in [4.69, 9.17) is 10.8 Å². The van der Waals surface area contributed by atoms with Gasteiger partial charge in [0.05, 0.1) is 0 Å². The van der Waals surface area contributed by atoms with Crippen LogP contribution in [0.2, 0.25) is 5.32 Å². The van der Waals surface area contributed by atoms with Gasteiger partial charge >= 0.3 is 89.1 Å². The van der Waals surface area contributed by atoms with Crippen molar-refractivity contribution in [2.24, 2.45) is 5.73 Å². The first kappa shape index (κ1) is 11.2. The van der Waals surface area contributed by atoms with Crippen molar-refractivity contribution in [3.05, 3.63) is 29.8 Å². The molecule has 0 aromatic heterocycles. The SMILES string of the molecule is Cc1ccc([Se]C[C@@H](N)C(=O)O)cc1. The predicted octanol–water partition coefficient (Wildman–Crippen LogP) is 0.155. The van der Waals surface area contributed by atoms with Crippen LogP contribution in [-0.2, 0) is 4.79 Å². The summed E-state index contributed by atoms with van der Waals surface area (Å²) < 4.78 is 1.19. The summed E-state index contributed by atoms with van der Waals surface area (Å²) in [5.41, 5.74) is 6.63. The molecular formula is C10H13NO2Se. The van der Waals surface area contributed by atoms with E-state index < -0.39 is 12.0 Å². The fourth-order valence-electron chi connectivity index (χ4n) is 0.892. The Morgan fingerprint density at radius 2 is 2.07 bits per heavy atom. The van der Waals surface area contributed by atoms with Crippen LogP contribution in [0.25, 0.3) is 0 Å². The third-order valence-corrected chi connectivity index (χ3v) is 4.14. The van der Waals surface area contributed by atoms with Crippen molar-refractivity contribution in [3.63, 3.8) is 0 Å². The van der Waals surface area contributed by atoms with Crippen molar-refractivity contribution in [2.45, 2.75) is 18.3 Å². The number of carbonyl (C=O) groups is 1. The fourth-order valence-corrected chi connectivity index (χ4v) is 2.66. The third kappa shape index (κ3) is 3.50. The summed E-state index contributed by atoms with van der Waals surface area (Å²) in [6, 6.07) is 7.40. The van der Waals surface area contributed by atoms with Crippen molar-refractivity contribution >= 4 is 25.4 Å². The van der Waals surface area contributed by atoms with Crippen LogP contribution < -0.4 is 10.2 Å². The van der Waals surface area contributed by atoms with E-state index in [-0.39, 0.29) is 15.0 Å². The van der Waals surface area contributed by atoms with Crippen LogP contribution in [0, 0.1) is 6.92 Å². The molecule has 4 heteroatoms. The van der Waals surface area contributed by atoms with Gasteiger partial charge in [0.15, 0.2) is 0 Å². The Kier molecular flexibility index (Phi) is 4.14. The standard InChI is InChI=1S/C10H13NO2Se/c1-7-2-4-8(5-3-7)14-6-9(11)10(12)13/h2-5,9H,6,11H2,1H3,(H,12,13)/t9-/m1/s1. The van der Waals surface area contributed by atoms with Crippen molar-refractivity contribution < 1.29 is 9.90 Å². The molecule has 0 spiro atoms. The molecule has 76 valence electrons. The van der Waals surface area contributed by atoms with Crippen molar-refractivity contribution in [3.8, 4) is 0 Å². The quantitative estimate of drug-likeness (QED) is 0.756. The molecule has 0 radical (unpaired) electrons. The fraction of sp³-hybridized carbons (Fsp3) is 0.300.